The molecule has 1 fully saturated rings. The molecule has 4 heteroatoms. The largest absolute Gasteiger partial charge is 0.298 e. The number of benzene rings is 2. The molecule has 0 amide bonds. The maximum Gasteiger partial charge on any atom is 0.0879 e. The minimum absolute atomic E-state index is 0.303. The molecule has 33 heavy (non-hydrogen) atoms. The first kappa shape index (κ1) is 26.1. The summed E-state index contributed by atoms with van der Waals surface area (Å²) in [6.45, 7) is 7.86. The van der Waals surface area contributed by atoms with Gasteiger partial charge >= 0.3 is 0 Å². The van der Waals surface area contributed by atoms with E-state index in [0.717, 1.165) is 44.2 Å². The molecule has 1 aliphatic rings. The van der Waals surface area contributed by atoms with E-state index in [4.69, 9.17) is 23.2 Å². The fourth-order valence-corrected chi connectivity index (χ4v) is 6.48. The molecule has 2 aromatic carbocycles. The number of hydrogen-bond acceptors (Lipinski definition) is 2. The van der Waals surface area contributed by atoms with Crippen LogP contribution in [0, 0.1) is 17.2 Å². The summed E-state index contributed by atoms with van der Waals surface area (Å²) in [4.78, 5) is 2.57. The van der Waals surface area contributed by atoms with Crippen LogP contribution in [-0.2, 0) is 11.8 Å². The highest BCUT2D eigenvalue weighted by molar-refractivity contribution is 6.36. The summed E-state index contributed by atoms with van der Waals surface area (Å²) in [7, 11) is 0. The molecule has 3 rings (SSSR count). The zero-order chi connectivity index (χ0) is 23.8. The molecule has 1 saturated carbocycles. The molecule has 2 aromatic rings. The lowest BCUT2D eigenvalue weighted by Gasteiger charge is -2.41. The maximum atomic E-state index is 10.7. The summed E-state index contributed by atoms with van der Waals surface area (Å²) in [6, 6.07) is 19.9. The average Bonchev–Trinajstić information content (AvgIpc) is 2.82. The van der Waals surface area contributed by atoms with Crippen molar-refractivity contribution in [1.82, 2.24) is 4.90 Å². The van der Waals surface area contributed by atoms with Crippen LogP contribution in [0.5, 0.6) is 0 Å². The molecule has 0 radical (unpaired) electrons. The second-order valence-electron chi connectivity index (χ2n) is 9.97. The fraction of sp³-hybridized carbons (Fsp3) is 0.552. The van der Waals surface area contributed by atoms with E-state index < -0.39 is 5.41 Å². The molecule has 1 aliphatic carbocycles. The van der Waals surface area contributed by atoms with Gasteiger partial charge in [0.15, 0.2) is 0 Å². The molecule has 0 aliphatic heterocycles. The summed E-state index contributed by atoms with van der Waals surface area (Å²) in [6.07, 6.45) is 8.53. The van der Waals surface area contributed by atoms with Gasteiger partial charge in [-0.15, -0.1) is 0 Å². The predicted octanol–water partition coefficient (Wildman–Crippen LogP) is 8.46. The smallest absolute Gasteiger partial charge is 0.0879 e. The Kier molecular flexibility index (Phi) is 9.69. The molecular formula is C29H38Cl2N2. The van der Waals surface area contributed by atoms with Crippen LogP contribution < -0.4 is 0 Å². The van der Waals surface area contributed by atoms with Crippen molar-refractivity contribution < 1.29 is 0 Å². The molecule has 0 heterocycles. The van der Waals surface area contributed by atoms with Gasteiger partial charge in [-0.05, 0) is 76.5 Å². The summed E-state index contributed by atoms with van der Waals surface area (Å²) in [5.41, 5.74) is 1.59. The van der Waals surface area contributed by atoms with Gasteiger partial charge in [-0.2, -0.15) is 5.26 Å². The molecular weight excluding hydrogens is 447 g/mol. The Bertz CT molecular complexity index is 895. The quantitative estimate of drug-likeness (QED) is 0.338. The van der Waals surface area contributed by atoms with Gasteiger partial charge in [-0.1, -0.05) is 78.9 Å². The molecule has 2 nitrogen and oxygen atoms in total. The fourth-order valence-electron chi connectivity index (χ4n) is 5.75. The van der Waals surface area contributed by atoms with Crippen LogP contribution >= 0.6 is 23.2 Å². The van der Waals surface area contributed by atoms with E-state index in [1.165, 1.54) is 24.8 Å². The van der Waals surface area contributed by atoms with Gasteiger partial charge in [0.1, 0.15) is 0 Å². The van der Waals surface area contributed by atoms with Gasteiger partial charge in [0.2, 0.25) is 0 Å². The SMILES string of the molecule is CC(C)N(CCc1ccccc1)C(C)CCC(C#N)(c1c(Cl)cccc1Cl)C1CCCCC1. The van der Waals surface area contributed by atoms with Crippen molar-refractivity contribution in [2.45, 2.75) is 89.6 Å². The molecule has 0 N–H and O–H groups in total. The molecule has 2 atom stereocenters. The summed E-state index contributed by atoms with van der Waals surface area (Å²) >= 11 is 13.4. The molecule has 0 saturated heterocycles. The number of rotatable bonds is 10. The highest BCUT2D eigenvalue weighted by Gasteiger charge is 2.44. The minimum Gasteiger partial charge on any atom is -0.298 e. The molecule has 0 aromatic heterocycles. The van der Waals surface area contributed by atoms with Crippen molar-refractivity contribution in [3.8, 4) is 6.07 Å². The van der Waals surface area contributed by atoms with Crippen LogP contribution in [0.3, 0.4) is 0 Å². The van der Waals surface area contributed by atoms with Crippen molar-refractivity contribution >= 4 is 23.2 Å². The standard InChI is InChI=1S/C29H38Cl2N2/c1-22(2)33(20-18-24-11-6-4-7-12-24)23(3)17-19-29(21-32,25-13-8-5-9-14-25)28-26(30)15-10-16-27(28)31/h4,6-7,10-12,15-16,22-23,25H,5,8-9,13-14,17-20H2,1-3H3. The van der Waals surface area contributed by atoms with Crippen LogP contribution in [0.2, 0.25) is 10.0 Å². The molecule has 0 bridgehead atoms. The Hall–Kier alpha value is -1.53. The van der Waals surface area contributed by atoms with Crippen LogP contribution in [0.4, 0.5) is 0 Å². The lowest BCUT2D eigenvalue weighted by molar-refractivity contribution is 0.142. The van der Waals surface area contributed by atoms with E-state index in [9.17, 15) is 5.26 Å². The number of nitriles is 1. The monoisotopic (exact) mass is 484 g/mol. The van der Waals surface area contributed by atoms with E-state index in [1.54, 1.807) is 0 Å². The normalized spacial score (nSPS) is 17.6. The molecule has 178 valence electrons. The van der Waals surface area contributed by atoms with Crippen LogP contribution in [0.15, 0.2) is 48.5 Å². The third-order valence-electron chi connectivity index (χ3n) is 7.60. The second-order valence-corrected chi connectivity index (χ2v) is 10.8. The van der Waals surface area contributed by atoms with Gasteiger partial charge < -0.3 is 0 Å². The highest BCUT2D eigenvalue weighted by Crippen LogP contribution is 2.49. The molecule has 2 unspecified atom stereocenters. The molecule has 0 spiro atoms. The lowest BCUT2D eigenvalue weighted by Crippen LogP contribution is -2.42. The zero-order valence-electron chi connectivity index (χ0n) is 20.4. The summed E-state index contributed by atoms with van der Waals surface area (Å²) < 4.78 is 0. The van der Waals surface area contributed by atoms with Gasteiger partial charge in [-0.25, -0.2) is 0 Å². The average molecular weight is 486 g/mol. The van der Waals surface area contributed by atoms with E-state index in [1.807, 2.05) is 18.2 Å². The minimum atomic E-state index is -0.633. The first-order valence-corrected chi connectivity index (χ1v) is 13.3. The van der Waals surface area contributed by atoms with Crippen molar-refractivity contribution in [2.24, 2.45) is 5.92 Å². The first-order valence-electron chi connectivity index (χ1n) is 12.5. The maximum absolute atomic E-state index is 10.7. The van der Waals surface area contributed by atoms with E-state index >= 15 is 0 Å². The van der Waals surface area contributed by atoms with Gasteiger partial charge in [-0.3, -0.25) is 4.90 Å². The van der Waals surface area contributed by atoms with Crippen LogP contribution in [0.1, 0.15) is 76.8 Å². The van der Waals surface area contributed by atoms with Gasteiger partial charge in [0.05, 0.1) is 11.5 Å². The van der Waals surface area contributed by atoms with Gasteiger partial charge in [0.25, 0.3) is 0 Å². The van der Waals surface area contributed by atoms with Crippen LogP contribution in [-0.4, -0.2) is 23.5 Å². The zero-order valence-corrected chi connectivity index (χ0v) is 21.9. The Morgan fingerprint density at radius 2 is 1.61 bits per heavy atom. The second kappa shape index (κ2) is 12.3. The topological polar surface area (TPSA) is 27.0 Å². The van der Waals surface area contributed by atoms with Crippen molar-refractivity contribution in [2.75, 3.05) is 6.54 Å². The Labute approximate surface area is 210 Å². The lowest BCUT2D eigenvalue weighted by atomic mass is 9.63. The Balaban J connectivity index is 1.82. The van der Waals surface area contributed by atoms with Crippen molar-refractivity contribution in [3.63, 3.8) is 0 Å². The number of nitrogens with zero attached hydrogens (tertiary/aromatic N) is 2. The number of halogens is 2. The van der Waals surface area contributed by atoms with E-state index in [2.05, 4.69) is 62.1 Å². The summed E-state index contributed by atoms with van der Waals surface area (Å²) in [5.74, 6) is 0.303. The highest BCUT2D eigenvalue weighted by atomic mass is 35.5. The number of hydrogen-bond donors (Lipinski definition) is 0. The van der Waals surface area contributed by atoms with Crippen molar-refractivity contribution in [1.29, 1.82) is 5.26 Å². The van der Waals surface area contributed by atoms with E-state index in [-0.39, 0.29) is 0 Å². The Morgan fingerprint density at radius 3 is 2.18 bits per heavy atom. The van der Waals surface area contributed by atoms with E-state index in [0.29, 0.717) is 28.0 Å². The van der Waals surface area contributed by atoms with Crippen LogP contribution in [0.25, 0.3) is 0 Å². The third-order valence-corrected chi connectivity index (χ3v) is 8.23. The van der Waals surface area contributed by atoms with Crippen molar-refractivity contribution in [3.05, 3.63) is 69.7 Å². The summed E-state index contributed by atoms with van der Waals surface area (Å²) in [5, 5.41) is 11.9. The predicted molar refractivity (Wildman–Crippen MR) is 141 cm³/mol. The van der Waals surface area contributed by atoms with Gasteiger partial charge in [0, 0.05) is 34.2 Å². The first-order chi connectivity index (χ1) is 15.9. The third kappa shape index (κ3) is 6.33. The Morgan fingerprint density at radius 1 is 0.970 bits per heavy atom.